The van der Waals surface area contributed by atoms with Gasteiger partial charge in [0.25, 0.3) is 5.91 Å². The SMILES string of the molecule is CC1CCN(Cc2ccc(C(=O)N3CC[C@]4(CCCN(C)C4=O)C3)o2)CC1. The van der Waals surface area contributed by atoms with Gasteiger partial charge in [0.15, 0.2) is 5.76 Å². The van der Waals surface area contributed by atoms with Crippen LogP contribution in [0.15, 0.2) is 16.5 Å². The minimum atomic E-state index is -0.372. The summed E-state index contributed by atoms with van der Waals surface area (Å²) >= 11 is 0. The van der Waals surface area contributed by atoms with Crippen molar-refractivity contribution in [1.82, 2.24) is 14.7 Å². The van der Waals surface area contributed by atoms with Gasteiger partial charge in [-0.25, -0.2) is 0 Å². The van der Waals surface area contributed by atoms with Gasteiger partial charge in [0.05, 0.1) is 12.0 Å². The van der Waals surface area contributed by atoms with Gasteiger partial charge >= 0.3 is 0 Å². The molecule has 2 amide bonds. The average Bonchev–Trinajstić information content (AvgIpc) is 3.29. The molecule has 6 nitrogen and oxygen atoms in total. The number of piperidine rings is 2. The molecule has 6 heteroatoms. The molecule has 3 aliphatic heterocycles. The highest BCUT2D eigenvalue weighted by Crippen LogP contribution is 2.40. The van der Waals surface area contributed by atoms with Crippen molar-refractivity contribution in [2.45, 2.75) is 45.6 Å². The van der Waals surface area contributed by atoms with Gasteiger partial charge in [0.2, 0.25) is 5.91 Å². The van der Waals surface area contributed by atoms with Crippen LogP contribution in [0.2, 0.25) is 0 Å². The fraction of sp³-hybridized carbons (Fsp3) is 0.714. The molecule has 3 saturated heterocycles. The van der Waals surface area contributed by atoms with E-state index in [0.717, 1.165) is 57.1 Å². The Bertz CT molecular complexity index is 707. The van der Waals surface area contributed by atoms with Gasteiger partial charge in [-0.2, -0.15) is 0 Å². The standard InChI is InChI=1S/C21H31N3O3/c1-16-6-11-23(12-7-16)14-17-4-5-18(27-17)19(25)24-13-9-21(15-24)8-3-10-22(2)20(21)26/h4-5,16H,3,6-15H2,1-2H3/t21-/m1/s1. The molecule has 1 aromatic heterocycles. The van der Waals surface area contributed by atoms with Crippen LogP contribution in [0.25, 0.3) is 0 Å². The smallest absolute Gasteiger partial charge is 0.289 e. The van der Waals surface area contributed by atoms with E-state index in [4.69, 9.17) is 4.42 Å². The number of likely N-dealkylation sites (tertiary alicyclic amines) is 3. The van der Waals surface area contributed by atoms with Gasteiger partial charge in [-0.1, -0.05) is 6.92 Å². The third-order valence-corrected chi connectivity index (χ3v) is 6.72. The van der Waals surface area contributed by atoms with Crippen molar-refractivity contribution in [3.05, 3.63) is 23.7 Å². The minimum absolute atomic E-state index is 0.0774. The van der Waals surface area contributed by atoms with E-state index in [0.29, 0.717) is 18.8 Å². The van der Waals surface area contributed by atoms with E-state index in [-0.39, 0.29) is 17.2 Å². The van der Waals surface area contributed by atoms with Gasteiger partial charge in [-0.15, -0.1) is 0 Å². The Hall–Kier alpha value is -1.82. The summed E-state index contributed by atoms with van der Waals surface area (Å²) in [6.45, 7) is 7.25. The summed E-state index contributed by atoms with van der Waals surface area (Å²) < 4.78 is 5.88. The number of hydrogen-bond acceptors (Lipinski definition) is 4. The van der Waals surface area contributed by atoms with Gasteiger partial charge in [0, 0.05) is 26.7 Å². The first kappa shape index (κ1) is 18.5. The van der Waals surface area contributed by atoms with E-state index in [9.17, 15) is 9.59 Å². The normalized spacial score (nSPS) is 27.7. The first-order chi connectivity index (χ1) is 13.0. The maximum absolute atomic E-state index is 12.9. The molecule has 1 atom stereocenters. The highest BCUT2D eigenvalue weighted by atomic mass is 16.4. The Kier molecular flexibility index (Phi) is 5.01. The highest BCUT2D eigenvalue weighted by molar-refractivity contribution is 5.93. The lowest BCUT2D eigenvalue weighted by Crippen LogP contribution is -2.48. The predicted octanol–water partition coefficient (Wildman–Crippen LogP) is 2.60. The summed E-state index contributed by atoms with van der Waals surface area (Å²) in [7, 11) is 1.87. The lowest BCUT2D eigenvalue weighted by molar-refractivity contribution is -0.143. The number of nitrogens with zero attached hydrogens (tertiary/aromatic N) is 3. The van der Waals surface area contributed by atoms with Crippen molar-refractivity contribution in [1.29, 1.82) is 0 Å². The molecule has 1 aromatic rings. The third-order valence-electron chi connectivity index (χ3n) is 6.72. The first-order valence-electron chi connectivity index (χ1n) is 10.3. The molecular weight excluding hydrogens is 342 g/mol. The largest absolute Gasteiger partial charge is 0.455 e. The van der Waals surface area contributed by atoms with E-state index >= 15 is 0 Å². The third kappa shape index (κ3) is 3.64. The number of hydrogen-bond donors (Lipinski definition) is 0. The summed E-state index contributed by atoms with van der Waals surface area (Å²) in [5.74, 6) is 2.19. The molecule has 1 spiro atoms. The van der Waals surface area contributed by atoms with E-state index < -0.39 is 0 Å². The van der Waals surface area contributed by atoms with Crippen LogP contribution in [0, 0.1) is 11.3 Å². The second-order valence-electron chi connectivity index (χ2n) is 8.81. The van der Waals surface area contributed by atoms with Gasteiger partial charge in [-0.3, -0.25) is 14.5 Å². The van der Waals surface area contributed by atoms with Crippen LogP contribution in [-0.2, 0) is 11.3 Å². The van der Waals surface area contributed by atoms with Crippen LogP contribution >= 0.6 is 0 Å². The van der Waals surface area contributed by atoms with E-state index in [1.165, 1.54) is 12.8 Å². The summed E-state index contributed by atoms with van der Waals surface area (Å²) in [6.07, 6.45) is 5.12. The molecule has 0 aromatic carbocycles. The molecule has 4 rings (SSSR count). The van der Waals surface area contributed by atoms with Crippen LogP contribution in [0.5, 0.6) is 0 Å². The molecule has 0 aliphatic carbocycles. The Labute approximate surface area is 161 Å². The van der Waals surface area contributed by atoms with E-state index in [1.807, 2.05) is 22.9 Å². The Balaban J connectivity index is 1.38. The fourth-order valence-electron chi connectivity index (χ4n) is 4.87. The summed E-state index contributed by atoms with van der Waals surface area (Å²) in [4.78, 5) is 31.6. The van der Waals surface area contributed by atoms with Crippen molar-refractivity contribution in [2.24, 2.45) is 11.3 Å². The maximum Gasteiger partial charge on any atom is 0.289 e. The molecule has 148 valence electrons. The Morgan fingerprint density at radius 3 is 2.74 bits per heavy atom. The molecule has 0 N–H and O–H groups in total. The zero-order valence-electron chi connectivity index (χ0n) is 16.6. The lowest BCUT2D eigenvalue weighted by atomic mass is 9.78. The van der Waals surface area contributed by atoms with Crippen molar-refractivity contribution in [2.75, 3.05) is 39.8 Å². The van der Waals surface area contributed by atoms with Gasteiger partial charge < -0.3 is 14.2 Å². The van der Waals surface area contributed by atoms with Crippen molar-refractivity contribution in [3.63, 3.8) is 0 Å². The molecular formula is C21H31N3O3. The topological polar surface area (TPSA) is 57.0 Å². The van der Waals surface area contributed by atoms with Crippen molar-refractivity contribution in [3.8, 4) is 0 Å². The van der Waals surface area contributed by atoms with Crippen LogP contribution < -0.4 is 0 Å². The second kappa shape index (κ2) is 7.30. The number of rotatable bonds is 3. The number of furan rings is 1. The van der Waals surface area contributed by atoms with Crippen LogP contribution in [-0.4, -0.2) is 66.3 Å². The quantitative estimate of drug-likeness (QED) is 0.817. The van der Waals surface area contributed by atoms with E-state index in [2.05, 4.69) is 11.8 Å². The van der Waals surface area contributed by atoms with Crippen molar-refractivity contribution >= 4 is 11.8 Å². The lowest BCUT2D eigenvalue weighted by Gasteiger charge is -2.37. The second-order valence-corrected chi connectivity index (χ2v) is 8.81. The number of carbonyl (C=O) groups excluding carboxylic acids is 2. The summed E-state index contributed by atoms with van der Waals surface area (Å²) in [5.41, 5.74) is -0.372. The summed E-state index contributed by atoms with van der Waals surface area (Å²) in [5, 5.41) is 0. The molecule has 4 heterocycles. The molecule has 3 aliphatic rings. The van der Waals surface area contributed by atoms with Gasteiger partial charge in [-0.05, 0) is 63.2 Å². The monoisotopic (exact) mass is 373 g/mol. The van der Waals surface area contributed by atoms with Gasteiger partial charge in [0.1, 0.15) is 5.76 Å². The Morgan fingerprint density at radius 1 is 1.19 bits per heavy atom. The van der Waals surface area contributed by atoms with Crippen molar-refractivity contribution < 1.29 is 14.0 Å². The maximum atomic E-state index is 12.9. The zero-order valence-corrected chi connectivity index (χ0v) is 16.6. The molecule has 3 fully saturated rings. The Morgan fingerprint density at radius 2 is 1.96 bits per heavy atom. The fourth-order valence-corrected chi connectivity index (χ4v) is 4.87. The zero-order chi connectivity index (χ0) is 19.0. The molecule has 27 heavy (non-hydrogen) atoms. The summed E-state index contributed by atoms with van der Waals surface area (Å²) in [6, 6.07) is 3.72. The molecule has 0 bridgehead atoms. The molecule has 0 unspecified atom stereocenters. The minimum Gasteiger partial charge on any atom is -0.455 e. The number of carbonyl (C=O) groups is 2. The van der Waals surface area contributed by atoms with Crippen LogP contribution in [0.4, 0.5) is 0 Å². The first-order valence-corrected chi connectivity index (χ1v) is 10.3. The average molecular weight is 373 g/mol. The molecule has 0 saturated carbocycles. The highest BCUT2D eigenvalue weighted by Gasteiger charge is 2.48. The predicted molar refractivity (Wildman–Crippen MR) is 102 cm³/mol. The van der Waals surface area contributed by atoms with Crippen LogP contribution in [0.3, 0.4) is 0 Å². The molecule has 0 radical (unpaired) electrons. The van der Waals surface area contributed by atoms with E-state index in [1.54, 1.807) is 6.07 Å². The number of amides is 2. The van der Waals surface area contributed by atoms with Crippen LogP contribution in [0.1, 0.15) is 55.3 Å².